The molecule has 3 rings (SSSR count). The summed E-state index contributed by atoms with van der Waals surface area (Å²) in [5.74, 6) is 0. The van der Waals surface area contributed by atoms with E-state index in [9.17, 15) is 9.46 Å². The second-order valence-corrected chi connectivity index (χ2v) is 17.8. The van der Waals surface area contributed by atoms with Crippen LogP contribution in [0.3, 0.4) is 0 Å². The van der Waals surface area contributed by atoms with Crippen LogP contribution in [-0.2, 0) is 23.1 Å². The van der Waals surface area contributed by atoms with Crippen molar-refractivity contribution in [1.82, 2.24) is 0 Å². The highest BCUT2D eigenvalue weighted by Gasteiger charge is 2.40. The van der Waals surface area contributed by atoms with Gasteiger partial charge in [-0.2, -0.15) is 0 Å². The fourth-order valence-electron chi connectivity index (χ4n) is 6.35. The molecule has 0 aliphatic rings. The molecule has 3 aromatic rings. The van der Waals surface area contributed by atoms with Crippen LogP contribution >= 0.6 is 19.6 Å². The second kappa shape index (κ2) is 24.4. The van der Waals surface area contributed by atoms with Crippen LogP contribution in [0, 0.1) is 0 Å². The van der Waals surface area contributed by atoms with E-state index in [4.69, 9.17) is 13.8 Å². The Hall–Kier alpha value is -1.96. The number of phosphoric ester groups is 1. The van der Waals surface area contributed by atoms with Crippen molar-refractivity contribution in [2.75, 3.05) is 54.1 Å². The maximum Gasteiger partial charge on any atom is 0.472 e. The van der Waals surface area contributed by atoms with E-state index in [0.29, 0.717) is 24.2 Å². The van der Waals surface area contributed by atoms with Gasteiger partial charge in [0.1, 0.15) is 13.2 Å². The summed E-state index contributed by atoms with van der Waals surface area (Å²) in [6.45, 7) is 4.05. The average Bonchev–Trinajstić information content (AvgIpc) is 3.13. The van der Waals surface area contributed by atoms with Crippen molar-refractivity contribution in [3.63, 3.8) is 0 Å². The Morgan fingerprint density at radius 3 is 1.43 bits per heavy atom. The van der Waals surface area contributed by atoms with E-state index in [-0.39, 0.29) is 18.5 Å². The molecule has 0 aliphatic heterocycles. The lowest BCUT2D eigenvalue weighted by Gasteiger charge is -2.38. The van der Waals surface area contributed by atoms with Crippen molar-refractivity contribution >= 4 is 19.6 Å². The molecule has 0 saturated carbocycles. The number of hydrogen-bond acceptors (Lipinski definition) is 5. The fraction of sp³-hybridized carbons (Fsp3) is 0.581. The first-order valence-electron chi connectivity index (χ1n) is 19.5. The molecule has 8 heteroatoms. The number of nitrogens with zero attached hydrogens (tertiary/aromatic N) is 1. The highest BCUT2D eigenvalue weighted by atomic mass is 32.2. The Kier molecular flexibility index (Phi) is 20.8. The SMILES string of the molecule is CCCCCCCCCCCCCCCCOC[C@H](COP(=O)(O)OCC[N+](C)(C)C)SC(c1ccccc1)(c1ccccc1)c1ccccc1. The van der Waals surface area contributed by atoms with Gasteiger partial charge in [-0.25, -0.2) is 4.57 Å². The molecule has 3 aromatic carbocycles. The van der Waals surface area contributed by atoms with Gasteiger partial charge in [-0.15, -0.1) is 11.8 Å². The molecule has 0 bridgehead atoms. The highest BCUT2D eigenvalue weighted by molar-refractivity contribution is 8.01. The van der Waals surface area contributed by atoms with Crippen LogP contribution in [0.1, 0.15) is 114 Å². The molecule has 0 spiro atoms. The first-order valence-corrected chi connectivity index (χ1v) is 21.9. The summed E-state index contributed by atoms with van der Waals surface area (Å²) in [7, 11) is 1.79. The topological polar surface area (TPSA) is 65.0 Å². The normalized spacial score (nSPS) is 14.0. The number of rotatable bonds is 29. The molecule has 0 aromatic heterocycles. The summed E-state index contributed by atoms with van der Waals surface area (Å²) >= 11 is 1.71. The van der Waals surface area contributed by atoms with Gasteiger partial charge in [-0.3, -0.25) is 9.05 Å². The van der Waals surface area contributed by atoms with E-state index in [1.165, 1.54) is 77.0 Å². The van der Waals surface area contributed by atoms with E-state index in [2.05, 4.69) is 79.7 Å². The standard InChI is InChI=1S/C43H66NO5PS/c1-5-6-7-8-9-10-11-12-13-14-15-16-17-27-35-47-37-42(38-49-50(45,46)48-36-34-44(2,3)4)51-43(39-28-21-18-22-29-39,40-30-23-19-24-31-40)41-32-25-20-26-33-41/h18-26,28-33,42H,5-17,27,34-38H2,1-4H3/p+1/t42-/m1/s1. The lowest BCUT2D eigenvalue weighted by Crippen LogP contribution is -2.37. The third-order valence-corrected chi connectivity index (χ3v) is 11.9. The number of unbranched alkanes of at least 4 members (excludes halogenated alkanes) is 13. The summed E-state index contributed by atoms with van der Waals surface area (Å²) in [6, 6.07) is 31.4. The van der Waals surface area contributed by atoms with Gasteiger partial charge in [-0.1, -0.05) is 181 Å². The number of benzene rings is 3. The largest absolute Gasteiger partial charge is 0.472 e. The third-order valence-electron chi connectivity index (χ3n) is 9.27. The van der Waals surface area contributed by atoms with Crippen molar-refractivity contribution in [2.24, 2.45) is 0 Å². The third kappa shape index (κ3) is 17.2. The summed E-state index contributed by atoms with van der Waals surface area (Å²) in [5, 5.41) is -0.264. The van der Waals surface area contributed by atoms with Crippen molar-refractivity contribution in [3.8, 4) is 0 Å². The van der Waals surface area contributed by atoms with Crippen LogP contribution in [0.15, 0.2) is 91.0 Å². The van der Waals surface area contributed by atoms with Crippen molar-refractivity contribution in [2.45, 2.75) is 107 Å². The number of hydrogen-bond donors (Lipinski definition) is 1. The average molecular weight is 741 g/mol. The van der Waals surface area contributed by atoms with Gasteiger partial charge in [0.2, 0.25) is 0 Å². The van der Waals surface area contributed by atoms with E-state index >= 15 is 0 Å². The summed E-state index contributed by atoms with van der Waals surface area (Å²) in [4.78, 5) is 10.7. The van der Waals surface area contributed by atoms with Gasteiger partial charge < -0.3 is 14.1 Å². The van der Waals surface area contributed by atoms with Gasteiger partial charge >= 0.3 is 7.82 Å². The van der Waals surface area contributed by atoms with Crippen molar-refractivity contribution in [1.29, 1.82) is 0 Å². The number of likely N-dealkylation sites (N-methyl/N-ethyl adjacent to an activating group) is 1. The molecule has 51 heavy (non-hydrogen) atoms. The second-order valence-electron chi connectivity index (χ2n) is 14.8. The molecule has 0 amide bonds. The van der Waals surface area contributed by atoms with E-state index in [1.807, 2.05) is 39.3 Å². The number of quaternary nitrogens is 1. The number of thioether (sulfide) groups is 1. The minimum absolute atomic E-state index is 0.00973. The zero-order chi connectivity index (χ0) is 36.7. The molecule has 0 aliphatic carbocycles. The first kappa shape index (κ1) is 43.4. The summed E-state index contributed by atoms with van der Waals surface area (Å²) in [6.07, 6.45) is 18.4. The molecule has 0 radical (unpaired) electrons. The smallest absolute Gasteiger partial charge is 0.380 e. The lowest BCUT2D eigenvalue weighted by molar-refractivity contribution is -0.870. The van der Waals surface area contributed by atoms with E-state index in [1.54, 1.807) is 11.8 Å². The van der Waals surface area contributed by atoms with Gasteiger partial charge in [0, 0.05) is 6.61 Å². The zero-order valence-corrected chi connectivity index (χ0v) is 33.8. The predicted molar refractivity (Wildman–Crippen MR) is 216 cm³/mol. The Bertz CT molecular complexity index is 1240. The van der Waals surface area contributed by atoms with Crippen molar-refractivity contribution in [3.05, 3.63) is 108 Å². The molecule has 6 nitrogen and oxygen atoms in total. The lowest BCUT2D eigenvalue weighted by atomic mass is 9.84. The van der Waals surface area contributed by atoms with Crippen LogP contribution in [-0.4, -0.2) is 68.7 Å². The van der Waals surface area contributed by atoms with Gasteiger partial charge in [0.25, 0.3) is 0 Å². The molecule has 0 fully saturated rings. The van der Waals surface area contributed by atoms with E-state index in [0.717, 1.165) is 29.5 Å². The van der Waals surface area contributed by atoms with Crippen LogP contribution < -0.4 is 0 Å². The van der Waals surface area contributed by atoms with Crippen LogP contribution in [0.25, 0.3) is 0 Å². The molecule has 1 unspecified atom stereocenters. The minimum atomic E-state index is -4.27. The molecule has 0 saturated heterocycles. The zero-order valence-electron chi connectivity index (χ0n) is 32.1. The number of phosphoric acid groups is 1. The van der Waals surface area contributed by atoms with E-state index < -0.39 is 12.6 Å². The first-order chi connectivity index (χ1) is 24.7. The summed E-state index contributed by atoms with van der Waals surface area (Å²) < 4.78 is 30.5. The van der Waals surface area contributed by atoms with Gasteiger partial charge in [0.15, 0.2) is 0 Å². The Morgan fingerprint density at radius 2 is 1.02 bits per heavy atom. The molecular weight excluding hydrogens is 674 g/mol. The highest BCUT2D eigenvalue weighted by Crippen LogP contribution is 2.51. The fourth-order valence-corrected chi connectivity index (χ4v) is 8.82. The summed E-state index contributed by atoms with van der Waals surface area (Å²) in [5.41, 5.74) is 3.36. The van der Waals surface area contributed by atoms with Crippen LogP contribution in [0.5, 0.6) is 0 Å². The monoisotopic (exact) mass is 740 g/mol. The Labute approximate surface area is 314 Å². The molecule has 284 valence electrons. The predicted octanol–water partition coefficient (Wildman–Crippen LogP) is 11.4. The van der Waals surface area contributed by atoms with Gasteiger partial charge in [0.05, 0.1) is 44.4 Å². The van der Waals surface area contributed by atoms with Gasteiger partial charge in [-0.05, 0) is 23.1 Å². The van der Waals surface area contributed by atoms with Crippen LogP contribution in [0.2, 0.25) is 0 Å². The molecule has 0 heterocycles. The molecule has 1 N–H and O–H groups in total. The molecule has 2 atom stereocenters. The molecular formula is C43H67NO5PS+. The number of ether oxygens (including phenoxy) is 1. The Balaban J connectivity index is 1.63. The van der Waals surface area contributed by atoms with Crippen molar-refractivity contribution < 1.29 is 27.7 Å². The van der Waals surface area contributed by atoms with Crippen LogP contribution in [0.4, 0.5) is 0 Å². The minimum Gasteiger partial charge on any atom is -0.380 e. The maximum atomic E-state index is 13.1. The Morgan fingerprint density at radius 1 is 0.608 bits per heavy atom. The quantitative estimate of drug-likeness (QED) is 0.0331. The maximum absolute atomic E-state index is 13.1.